The maximum atomic E-state index is 3.46. The molecule has 0 atom stereocenters. The van der Waals surface area contributed by atoms with E-state index < -0.39 is 0 Å². The highest BCUT2D eigenvalue weighted by molar-refractivity contribution is 5.42. The Balaban J connectivity index is 1.63. The summed E-state index contributed by atoms with van der Waals surface area (Å²) in [6.45, 7) is 10.5. The number of rotatable bonds is 5. The summed E-state index contributed by atoms with van der Waals surface area (Å²) in [5.74, 6) is 0. The van der Waals surface area contributed by atoms with Gasteiger partial charge in [0.15, 0.2) is 0 Å². The van der Waals surface area contributed by atoms with Gasteiger partial charge in [0, 0.05) is 45.0 Å². The van der Waals surface area contributed by atoms with Crippen LogP contribution in [-0.4, -0.2) is 55.6 Å². The van der Waals surface area contributed by atoms with Gasteiger partial charge in [-0.2, -0.15) is 0 Å². The second-order valence-electron chi connectivity index (χ2n) is 4.57. The van der Waals surface area contributed by atoms with Gasteiger partial charge >= 0.3 is 0 Å². The van der Waals surface area contributed by atoms with Crippen molar-refractivity contribution in [1.82, 2.24) is 9.80 Å². The molecule has 1 aliphatic heterocycles. The van der Waals surface area contributed by atoms with Crippen LogP contribution in [0.15, 0.2) is 30.3 Å². The molecular weight excluding hydrogens is 210 g/mol. The number of benzene rings is 1. The van der Waals surface area contributed by atoms with Crippen LogP contribution in [0, 0.1) is 0 Å². The number of hydrogen-bond acceptors (Lipinski definition) is 3. The molecule has 1 aromatic carbocycles. The van der Waals surface area contributed by atoms with E-state index in [0.717, 1.165) is 13.1 Å². The van der Waals surface area contributed by atoms with E-state index in [2.05, 4.69) is 52.4 Å². The first-order chi connectivity index (χ1) is 8.38. The molecule has 1 fully saturated rings. The van der Waals surface area contributed by atoms with Crippen LogP contribution < -0.4 is 5.32 Å². The number of piperazine rings is 1. The van der Waals surface area contributed by atoms with Crippen LogP contribution in [0.25, 0.3) is 0 Å². The molecule has 0 saturated carbocycles. The molecule has 0 spiro atoms. The molecule has 94 valence electrons. The highest BCUT2D eigenvalue weighted by atomic mass is 15.3. The summed E-state index contributed by atoms with van der Waals surface area (Å²) in [5.41, 5.74) is 1.22. The molecule has 0 aromatic heterocycles. The summed E-state index contributed by atoms with van der Waals surface area (Å²) in [5, 5.41) is 3.46. The first-order valence-electron chi connectivity index (χ1n) is 6.62. The van der Waals surface area contributed by atoms with E-state index >= 15 is 0 Å². The maximum absolute atomic E-state index is 3.46. The third-order valence-corrected chi connectivity index (χ3v) is 3.44. The summed E-state index contributed by atoms with van der Waals surface area (Å²) in [6.07, 6.45) is 0. The summed E-state index contributed by atoms with van der Waals surface area (Å²) in [4.78, 5) is 5.06. The predicted octanol–water partition coefficient (Wildman–Crippen LogP) is 1.74. The third kappa shape index (κ3) is 4.02. The van der Waals surface area contributed by atoms with Gasteiger partial charge < -0.3 is 10.2 Å². The Bertz CT molecular complexity index is 305. The van der Waals surface area contributed by atoms with Crippen molar-refractivity contribution in [2.45, 2.75) is 6.92 Å². The number of hydrogen-bond donors (Lipinski definition) is 1. The standard InChI is InChI=1S/C14H23N3/c1-2-16-10-12-17(13-11-16)9-8-15-14-6-4-3-5-7-14/h3-7,15H,2,8-13H2,1H3. The third-order valence-electron chi connectivity index (χ3n) is 3.44. The van der Waals surface area contributed by atoms with Crippen molar-refractivity contribution in [2.24, 2.45) is 0 Å². The Morgan fingerprint density at radius 1 is 1.00 bits per heavy atom. The Morgan fingerprint density at radius 2 is 1.65 bits per heavy atom. The maximum Gasteiger partial charge on any atom is 0.0340 e. The van der Waals surface area contributed by atoms with Gasteiger partial charge in [-0.25, -0.2) is 0 Å². The molecule has 0 bridgehead atoms. The van der Waals surface area contributed by atoms with Crippen LogP contribution in [0.4, 0.5) is 5.69 Å². The summed E-state index contributed by atoms with van der Waals surface area (Å²) in [7, 11) is 0. The molecule has 3 nitrogen and oxygen atoms in total. The minimum absolute atomic E-state index is 1.04. The molecule has 1 saturated heterocycles. The number of nitrogens with one attached hydrogen (secondary N) is 1. The normalized spacial score (nSPS) is 18.2. The van der Waals surface area contributed by atoms with Crippen molar-refractivity contribution >= 4 is 5.69 Å². The minimum Gasteiger partial charge on any atom is -0.384 e. The van der Waals surface area contributed by atoms with Gasteiger partial charge in [-0.15, -0.1) is 0 Å². The van der Waals surface area contributed by atoms with E-state index in [1.54, 1.807) is 0 Å². The summed E-state index contributed by atoms with van der Waals surface area (Å²) in [6, 6.07) is 10.4. The highest BCUT2D eigenvalue weighted by Gasteiger charge is 2.14. The van der Waals surface area contributed by atoms with E-state index in [4.69, 9.17) is 0 Å². The number of para-hydroxylation sites is 1. The lowest BCUT2D eigenvalue weighted by atomic mass is 10.3. The molecule has 1 N–H and O–H groups in total. The van der Waals surface area contributed by atoms with Gasteiger partial charge in [-0.3, -0.25) is 4.90 Å². The molecule has 0 aliphatic carbocycles. The smallest absolute Gasteiger partial charge is 0.0340 e. The topological polar surface area (TPSA) is 18.5 Å². The van der Waals surface area contributed by atoms with Crippen molar-refractivity contribution in [3.8, 4) is 0 Å². The zero-order valence-electron chi connectivity index (χ0n) is 10.7. The van der Waals surface area contributed by atoms with E-state index in [-0.39, 0.29) is 0 Å². The van der Waals surface area contributed by atoms with E-state index in [0.29, 0.717) is 0 Å². The summed E-state index contributed by atoms with van der Waals surface area (Å²) >= 11 is 0. The van der Waals surface area contributed by atoms with E-state index in [1.165, 1.54) is 38.4 Å². The van der Waals surface area contributed by atoms with Crippen molar-refractivity contribution in [3.05, 3.63) is 30.3 Å². The van der Waals surface area contributed by atoms with Crippen LogP contribution >= 0.6 is 0 Å². The van der Waals surface area contributed by atoms with Crippen molar-refractivity contribution in [1.29, 1.82) is 0 Å². The number of nitrogens with zero attached hydrogens (tertiary/aromatic N) is 2. The summed E-state index contributed by atoms with van der Waals surface area (Å²) < 4.78 is 0. The first-order valence-corrected chi connectivity index (χ1v) is 6.62. The molecule has 0 amide bonds. The molecule has 17 heavy (non-hydrogen) atoms. The Morgan fingerprint density at radius 3 is 2.29 bits per heavy atom. The fourth-order valence-corrected chi connectivity index (χ4v) is 2.24. The highest BCUT2D eigenvalue weighted by Crippen LogP contribution is 2.05. The first kappa shape index (κ1) is 12.4. The molecular formula is C14H23N3. The van der Waals surface area contributed by atoms with Gasteiger partial charge in [0.1, 0.15) is 0 Å². The van der Waals surface area contributed by atoms with Crippen molar-refractivity contribution in [2.75, 3.05) is 51.1 Å². The zero-order valence-corrected chi connectivity index (χ0v) is 10.7. The minimum atomic E-state index is 1.04. The monoisotopic (exact) mass is 233 g/mol. The fraction of sp³-hybridized carbons (Fsp3) is 0.571. The lowest BCUT2D eigenvalue weighted by Gasteiger charge is -2.34. The molecule has 0 radical (unpaired) electrons. The average molecular weight is 233 g/mol. The molecule has 0 unspecified atom stereocenters. The van der Waals surface area contributed by atoms with Crippen molar-refractivity contribution < 1.29 is 0 Å². The van der Waals surface area contributed by atoms with Gasteiger partial charge in [-0.05, 0) is 18.7 Å². The van der Waals surface area contributed by atoms with Crippen LogP contribution in [0.5, 0.6) is 0 Å². The molecule has 1 aromatic rings. The van der Waals surface area contributed by atoms with Crippen LogP contribution in [0.1, 0.15) is 6.92 Å². The molecule has 2 rings (SSSR count). The van der Waals surface area contributed by atoms with Gasteiger partial charge in [0.2, 0.25) is 0 Å². The second kappa shape index (κ2) is 6.62. The van der Waals surface area contributed by atoms with E-state index in [1.807, 2.05) is 0 Å². The SMILES string of the molecule is CCN1CCN(CCNc2ccccc2)CC1. The van der Waals surface area contributed by atoms with Gasteiger partial charge in [0.05, 0.1) is 0 Å². The Labute approximate surface area is 104 Å². The van der Waals surface area contributed by atoms with Crippen LogP contribution in [-0.2, 0) is 0 Å². The zero-order chi connectivity index (χ0) is 11.9. The average Bonchev–Trinajstić information content (AvgIpc) is 2.41. The number of anilines is 1. The van der Waals surface area contributed by atoms with Crippen molar-refractivity contribution in [3.63, 3.8) is 0 Å². The molecule has 1 aliphatic rings. The van der Waals surface area contributed by atoms with Gasteiger partial charge in [0.25, 0.3) is 0 Å². The largest absolute Gasteiger partial charge is 0.384 e. The predicted molar refractivity (Wildman–Crippen MR) is 73.5 cm³/mol. The lowest BCUT2D eigenvalue weighted by Crippen LogP contribution is -2.47. The molecule has 3 heteroatoms. The Kier molecular flexibility index (Phi) is 4.83. The molecule has 1 heterocycles. The lowest BCUT2D eigenvalue weighted by molar-refractivity contribution is 0.141. The quantitative estimate of drug-likeness (QED) is 0.835. The number of likely N-dealkylation sites (N-methyl/N-ethyl adjacent to an activating group) is 1. The second-order valence-corrected chi connectivity index (χ2v) is 4.57. The van der Waals surface area contributed by atoms with Crippen LogP contribution in [0.3, 0.4) is 0 Å². The van der Waals surface area contributed by atoms with Crippen LogP contribution in [0.2, 0.25) is 0 Å². The Hall–Kier alpha value is -1.06. The van der Waals surface area contributed by atoms with E-state index in [9.17, 15) is 0 Å². The fourth-order valence-electron chi connectivity index (χ4n) is 2.24. The van der Waals surface area contributed by atoms with Gasteiger partial charge in [-0.1, -0.05) is 25.1 Å².